The molecule has 0 aromatic heterocycles. The Morgan fingerprint density at radius 2 is 1.00 bits per heavy atom. The largest absolute Gasteiger partial charge is 0.240 e. The zero-order chi connectivity index (χ0) is 20.3. The van der Waals surface area contributed by atoms with E-state index in [1.165, 1.54) is 48.5 Å². The van der Waals surface area contributed by atoms with Gasteiger partial charge in [0.2, 0.25) is 20.0 Å². The summed E-state index contributed by atoms with van der Waals surface area (Å²) in [6.45, 7) is 3.59. The van der Waals surface area contributed by atoms with Crippen LogP contribution in [-0.4, -0.2) is 29.9 Å². The highest BCUT2D eigenvalue weighted by molar-refractivity contribution is 7.89. The van der Waals surface area contributed by atoms with E-state index in [4.69, 9.17) is 23.2 Å². The number of hydrogen-bond donors (Lipinski definition) is 2. The second kappa shape index (κ2) is 8.46. The molecule has 0 saturated heterocycles. The van der Waals surface area contributed by atoms with Crippen molar-refractivity contribution in [2.75, 3.05) is 13.1 Å². The summed E-state index contributed by atoms with van der Waals surface area (Å²) < 4.78 is 54.3. The van der Waals surface area contributed by atoms with Crippen LogP contribution in [0.1, 0.15) is 13.8 Å². The van der Waals surface area contributed by atoms with Crippen molar-refractivity contribution < 1.29 is 16.8 Å². The van der Waals surface area contributed by atoms with Crippen molar-refractivity contribution in [2.24, 2.45) is 5.41 Å². The molecular formula is C17H20Cl2N2O4S2. The van der Waals surface area contributed by atoms with Gasteiger partial charge in [0.15, 0.2) is 0 Å². The minimum Gasteiger partial charge on any atom is -0.211 e. The maximum absolute atomic E-state index is 12.3. The molecule has 0 aliphatic carbocycles. The van der Waals surface area contributed by atoms with Crippen molar-refractivity contribution in [3.8, 4) is 0 Å². The van der Waals surface area contributed by atoms with E-state index in [0.29, 0.717) is 10.0 Å². The van der Waals surface area contributed by atoms with Crippen molar-refractivity contribution >= 4 is 43.2 Å². The molecular weight excluding hydrogens is 431 g/mol. The predicted molar refractivity (Wildman–Crippen MR) is 107 cm³/mol. The fraction of sp³-hybridized carbons (Fsp3) is 0.294. The number of nitrogens with one attached hydrogen (secondary N) is 2. The standard InChI is InChI=1S/C17H20Cl2N2O4S2/c1-17(2,11-20-26(22,23)15-7-3-13(18)4-8-15)12-21-27(24,25)16-9-5-14(19)6-10-16/h3-10,20-21H,11-12H2,1-2H3. The molecule has 2 aromatic carbocycles. The fourth-order valence-electron chi connectivity index (χ4n) is 2.04. The summed E-state index contributed by atoms with van der Waals surface area (Å²) in [5.41, 5.74) is -0.668. The Morgan fingerprint density at radius 1 is 0.704 bits per heavy atom. The highest BCUT2D eigenvalue weighted by Gasteiger charge is 2.25. The van der Waals surface area contributed by atoms with E-state index in [1.54, 1.807) is 13.8 Å². The quantitative estimate of drug-likeness (QED) is 0.645. The molecule has 10 heteroatoms. The minimum absolute atomic E-state index is 0.0428. The average Bonchev–Trinajstić information content (AvgIpc) is 2.60. The Labute approximate surface area is 170 Å². The Balaban J connectivity index is 2.00. The molecule has 0 atom stereocenters. The van der Waals surface area contributed by atoms with E-state index in [9.17, 15) is 16.8 Å². The number of sulfonamides is 2. The lowest BCUT2D eigenvalue weighted by Crippen LogP contribution is -2.42. The van der Waals surface area contributed by atoms with Crippen molar-refractivity contribution in [2.45, 2.75) is 23.6 Å². The lowest BCUT2D eigenvalue weighted by atomic mass is 9.95. The van der Waals surface area contributed by atoms with Crippen LogP contribution in [0.25, 0.3) is 0 Å². The fourth-order valence-corrected chi connectivity index (χ4v) is 4.77. The summed E-state index contributed by atoms with van der Waals surface area (Å²) >= 11 is 11.5. The van der Waals surface area contributed by atoms with E-state index >= 15 is 0 Å². The molecule has 0 fully saturated rings. The highest BCUT2D eigenvalue weighted by atomic mass is 35.5. The number of hydrogen-bond acceptors (Lipinski definition) is 4. The predicted octanol–water partition coefficient (Wildman–Crippen LogP) is 3.28. The topological polar surface area (TPSA) is 92.3 Å². The summed E-state index contributed by atoms with van der Waals surface area (Å²) in [7, 11) is -7.44. The molecule has 27 heavy (non-hydrogen) atoms. The molecule has 0 heterocycles. The second-order valence-electron chi connectivity index (χ2n) is 6.72. The lowest BCUT2D eigenvalue weighted by molar-refractivity contribution is 0.361. The number of halogens is 2. The van der Waals surface area contributed by atoms with E-state index in [1.807, 2.05) is 0 Å². The van der Waals surface area contributed by atoms with E-state index < -0.39 is 25.5 Å². The van der Waals surface area contributed by atoms with Crippen LogP contribution in [0, 0.1) is 5.41 Å². The van der Waals surface area contributed by atoms with E-state index in [0.717, 1.165) is 0 Å². The van der Waals surface area contributed by atoms with Gasteiger partial charge >= 0.3 is 0 Å². The summed E-state index contributed by atoms with van der Waals surface area (Å²) in [6.07, 6.45) is 0. The second-order valence-corrected chi connectivity index (χ2v) is 11.1. The summed E-state index contributed by atoms with van der Waals surface area (Å²) in [5.74, 6) is 0. The van der Waals surface area contributed by atoms with Crippen molar-refractivity contribution in [3.63, 3.8) is 0 Å². The molecule has 2 N–H and O–H groups in total. The van der Waals surface area contributed by atoms with Crippen LogP contribution in [0.5, 0.6) is 0 Å². The third-order valence-corrected chi connectivity index (χ3v) is 7.07. The van der Waals surface area contributed by atoms with Crippen LogP contribution in [-0.2, 0) is 20.0 Å². The first-order valence-electron chi connectivity index (χ1n) is 7.92. The maximum Gasteiger partial charge on any atom is 0.240 e. The third-order valence-electron chi connectivity index (χ3n) is 3.73. The van der Waals surface area contributed by atoms with E-state index in [2.05, 4.69) is 9.44 Å². The molecule has 0 amide bonds. The molecule has 0 radical (unpaired) electrons. The molecule has 0 aliphatic heterocycles. The van der Waals surface area contributed by atoms with Crippen LogP contribution < -0.4 is 9.44 Å². The summed E-state index contributed by atoms with van der Waals surface area (Å²) in [6, 6.07) is 11.6. The monoisotopic (exact) mass is 450 g/mol. The van der Waals surface area contributed by atoms with Gasteiger partial charge in [0.1, 0.15) is 0 Å². The van der Waals surface area contributed by atoms with Crippen LogP contribution >= 0.6 is 23.2 Å². The zero-order valence-electron chi connectivity index (χ0n) is 14.7. The van der Waals surface area contributed by atoms with Gasteiger partial charge in [0, 0.05) is 23.1 Å². The summed E-state index contributed by atoms with van der Waals surface area (Å²) in [4.78, 5) is 0.175. The van der Waals surface area contributed by atoms with Gasteiger partial charge in [-0.05, 0) is 53.9 Å². The normalized spacial score (nSPS) is 12.9. The highest BCUT2D eigenvalue weighted by Crippen LogP contribution is 2.19. The first-order chi connectivity index (χ1) is 12.4. The molecule has 0 spiro atoms. The smallest absolute Gasteiger partial charge is 0.211 e. The van der Waals surface area contributed by atoms with Gasteiger partial charge in [0.25, 0.3) is 0 Å². The summed E-state index contributed by atoms with van der Waals surface area (Å²) in [5, 5.41) is 0.872. The number of benzene rings is 2. The van der Waals surface area contributed by atoms with E-state index in [-0.39, 0.29) is 22.9 Å². The SMILES string of the molecule is CC(C)(CNS(=O)(=O)c1ccc(Cl)cc1)CNS(=O)(=O)c1ccc(Cl)cc1. The van der Waals surface area contributed by atoms with Crippen molar-refractivity contribution in [1.29, 1.82) is 0 Å². The van der Waals surface area contributed by atoms with Crippen LogP contribution in [0.3, 0.4) is 0 Å². The van der Waals surface area contributed by atoms with Gasteiger partial charge in [-0.3, -0.25) is 0 Å². The average molecular weight is 451 g/mol. The zero-order valence-corrected chi connectivity index (χ0v) is 17.9. The molecule has 6 nitrogen and oxygen atoms in total. The van der Waals surface area contributed by atoms with Gasteiger partial charge in [-0.1, -0.05) is 37.0 Å². The minimum atomic E-state index is -3.72. The van der Waals surface area contributed by atoms with Crippen molar-refractivity contribution in [1.82, 2.24) is 9.44 Å². The molecule has 0 unspecified atom stereocenters. The first-order valence-corrected chi connectivity index (χ1v) is 11.6. The molecule has 2 rings (SSSR count). The van der Waals surface area contributed by atoms with Gasteiger partial charge in [-0.25, -0.2) is 26.3 Å². The third kappa shape index (κ3) is 6.44. The van der Waals surface area contributed by atoms with Crippen molar-refractivity contribution in [3.05, 3.63) is 58.6 Å². The van der Waals surface area contributed by atoms with Gasteiger partial charge < -0.3 is 0 Å². The lowest BCUT2D eigenvalue weighted by Gasteiger charge is -2.25. The Morgan fingerprint density at radius 3 is 1.30 bits per heavy atom. The van der Waals surface area contributed by atoms with Gasteiger partial charge in [-0.2, -0.15) is 0 Å². The Bertz CT molecular complexity index is 907. The maximum atomic E-state index is 12.3. The molecule has 0 bridgehead atoms. The van der Waals surface area contributed by atoms with Crippen LogP contribution in [0.2, 0.25) is 10.0 Å². The Hall–Kier alpha value is -1.16. The van der Waals surface area contributed by atoms with Gasteiger partial charge in [0.05, 0.1) is 9.79 Å². The van der Waals surface area contributed by atoms with Crippen LogP contribution in [0.4, 0.5) is 0 Å². The van der Waals surface area contributed by atoms with Crippen LogP contribution in [0.15, 0.2) is 58.3 Å². The van der Waals surface area contributed by atoms with Gasteiger partial charge in [-0.15, -0.1) is 0 Å². The molecule has 2 aromatic rings. The number of rotatable bonds is 8. The molecule has 148 valence electrons. The molecule has 0 aliphatic rings. The molecule has 0 saturated carbocycles. The Kier molecular flexibility index (Phi) is 6.94. The first kappa shape index (κ1) is 22.1.